The SMILES string of the molecule is CC(O)CC1([NH])CCCC1. The molecule has 0 saturated heterocycles. The molecular weight excluding hydrogens is 126 g/mol. The lowest BCUT2D eigenvalue weighted by Gasteiger charge is -2.23. The minimum atomic E-state index is -0.296. The van der Waals surface area contributed by atoms with Gasteiger partial charge in [0.25, 0.3) is 0 Å². The van der Waals surface area contributed by atoms with Crippen molar-refractivity contribution in [3.05, 3.63) is 0 Å². The number of hydrogen-bond acceptors (Lipinski definition) is 1. The van der Waals surface area contributed by atoms with Gasteiger partial charge in [0.1, 0.15) is 0 Å². The van der Waals surface area contributed by atoms with Gasteiger partial charge in [-0.3, -0.25) is 5.73 Å². The third-order valence-corrected chi connectivity index (χ3v) is 2.25. The molecule has 59 valence electrons. The van der Waals surface area contributed by atoms with E-state index in [-0.39, 0.29) is 11.6 Å². The molecule has 1 fully saturated rings. The summed E-state index contributed by atoms with van der Waals surface area (Å²) in [4.78, 5) is 0. The molecule has 0 aromatic carbocycles. The van der Waals surface area contributed by atoms with E-state index in [4.69, 9.17) is 10.8 Å². The molecule has 1 aliphatic carbocycles. The molecule has 0 amide bonds. The van der Waals surface area contributed by atoms with Crippen LogP contribution in [0.1, 0.15) is 39.0 Å². The maximum atomic E-state index is 9.06. The zero-order valence-electron chi connectivity index (χ0n) is 6.56. The van der Waals surface area contributed by atoms with Gasteiger partial charge in [-0.05, 0) is 26.2 Å². The summed E-state index contributed by atoms with van der Waals surface area (Å²) in [6.07, 6.45) is 4.69. The number of hydrogen-bond donors (Lipinski definition) is 1. The second-order valence-corrected chi connectivity index (χ2v) is 3.54. The third-order valence-electron chi connectivity index (χ3n) is 2.25. The van der Waals surface area contributed by atoms with Crippen LogP contribution in [-0.4, -0.2) is 16.7 Å². The van der Waals surface area contributed by atoms with Crippen molar-refractivity contribution in [1.82, 2.24) is 5.73 Å². The Labute approximate surface area is 62.4 Å². The summed E-state index contributed by atoms with van der Waals surface area (Å²) >= 11 is 0. The average molecular weight is 142 g/mol. The first-order chi connectivity index (χ1) is 4.62. The molecule has 2 heteroatoms. The summed E-state index contributed by atoms with van der Waals surface area (Å²) in [6.45, 7) is 1.77. The first-order valence-electron chi connectivity index (χ1n) is 4.05. The van der Waals surface area contributed by atoms with Crippen molar-refractivity contribution in [1.29, 1.82) is 0 Å². The molecule has 2 nitrogen and oxygen atoms in total. The summed E-state index contributed by atoms with van der Waals surface area (Å²) < 4.78 is 0. The average Bonchev–Trinajstić information content (AvgIpc) is 2.12. The molecule has 10 heavy (non-hydrogen) atoms. The highest BCUT2D eigenvalue weighted by atomic mass is 16.3. The molecule has 0 bridgehead atoms. The predicted octanol–water partition coefficient (Wildman–Crippen LogP) is 1.35. The van der Waals surface area contributed by atoms with Crippen LogP contribution in [0.4, 0.5) is 0 Å². The van der Waals surface area contributed by atoms with Gasteiger partial charge in [0.05, 0.1) is 6.10 Å². The normalized spacial score (nSPS) is 26.7. The largest absolute Gasteiger partial charge is 0.393 e. The van der Waals surface area contributed by atoms with Crippen LogP contribution in [0, 0.1) is 0 Å². The van der Waals surface area contributed by atoms with Crippen molar-refractivity contribution in [3.8, 4) is 0 Å². The van der Waals surface area contributed by atoms with E-state index < -0.39 is 0 Å². The number of nitrogens with one attached hydrogen (secondary N) is 1. The van der Waals surface area contributed by atoms with Gasteiger partial charge >= 0.3 is 0 Å². The third kappa shape index (κ3) is 1.96. The van der Waals surface area contributed by atoms with Crippen molar-refractivity contribution in [3.63, 3.8) is 0 Å². The highest BCUT2D eigenvalue weighted by Gasteiger charge is 2.31. The van der Waals surface area contributed by atoms with Crippen LogP contribution in [0.15, 0.2) is 0 Å². The molecule has 1 rings (SSSR count). The Morgan fingerprint density at radius 2 is 2.00 bits per heavy atom. The molecule has 1 saturated carbocycles. The highest BCUT2D eigenvalue weighted by Crippen LogP contribution is 2.32. The molecule has 0 spiro atoms. The molecule has 0 aromatic heterocycles. The first-order valence-corrected chi connectivity index (χ1v) is 4.05. The van der Waals surface area contributed by atoms with E-state index in [1.54, 1.807) is 6.92 Å². The highest BCUT2D eigenvalue weighted by molar-refractivity contribution is 4.89. The van der Waals surface area contributed by atoms with Crippen LogP contribution in [0.2, 0.25) is 0 Å². The molecular formula is C8H16NO. The minimum Gasteiger partial charge on any atom is -0.393 e. The van der Waals surface area contributed by atoms with Gasteiger partial charge in [0, 0.05) is 5.54 Å². The Kier molecular flexibility index (Phi) is 2.32. The Morgan fingerprint density at radius 3 is 2.40 bits per heavy atom. The van der Waals surface area contributed by atoms with E-state index in [0.717, 1.165) is 12.8 Å². The van der Waals surface area contributed by atoms with E-state index in [9.17, 15) is 0 Å². The smallest absolute Gasteiger partial charge is 0.0530 e. The summed E-state index contributed by atoms with van der Waals surface area (Å²) in [5, 5.41) is 9.06. The Hall–Kier alpha value is -0.0800. The fourth-order valence-corrected chi connectivity index (χ4v) is 1.82. The van der Waals surface area contributed by atoms with Crippen LogP contribution < -0.4 is 5.73 Å². The maximum Gasteiger partial charge on any atom is 0.0530 e. The summed E-state index contributed by atoms with van der Waals surface area (Å²) in [5.74, 6) is 0. The quantitative estimate of drug-likeness (QED) is 0.621. The molecule has 0 aromatic rings. The van der Waals surface area contributed by atoms with Gasteiger partial charge in [-0.1, -0.05) is 12.8 Å². The molecule has 1 unspecified atom stereocenters. The van der Waals surface area contributed by atoms with E-state index in [1.807, 2.05) is 0 Å². The van der Waals surface area contributed by atoms with Crippen molar-refractivity contribution in [2.75, 3.05) is 0 Å². The topological polar surface area (TPSA) is 44.0 Å². The zero-order chi connectivity index (χ0) is 7.61. The molecule has 1 atom stereocenters. The lowest BCUT2D eigenvalue weighted by Crippen LogP contribution is -2.30. The van der Waals surface area contributed by atoms with E-state index in [2.05, 4.69) is 0 Å². The lowest BCUT2D eigenvalue weighted by atomic mass is 9.92. The van der Waals surface area contributed by atoms with Crippen molar-refractivity contribution in [2.45, 2.75) is 50.7 Å². The molecule has 1 radical (unpaired) electrons. The van der Waals surface area contributed by atoms with Crippen molar-refractivity contribution < 1.29 is 5.11 Å². The van der Waals surface area contributed by atoms with Crippen LogP contribution in [0.3, 0.4) is 0 Å². The van der Waals surface area contributed by atoms with Crippen LogP contribution in [0.25, 0.3) is 0 Å². The first kappa shape index (κ1) is 8.02. The van der Waals surface area contributed by atoms with Crippen LogP contribution in [-0.2, 0) is 0 Å². The predicted molar refractivity (Wildman–Crippen MR) is 40.6 cm³/mol. The van der Waals surface area contributed by atoms with E-state index >= 15 is 0 Å². The van der Waals surface area contributed by atoms with Crippen molar-refractivity contribution >= 4 is 0 Å². The van der Waals surface area contributed by atoms with Crippen LogP contribution in [0.5, 0.6) is 0 Å². The molecule has 2 N–H and O–H groups in total. The minimum absolute atomic E-state index is 0.284. The number of aliphatic hydroxyl groups excluding tert-OH is 1. The van der Waals surface area contributed by atoms with Gasteiger partial charge in [0.15, 0.2) is 0 Å². The molecule has 0 heterocycles. The zero-order valence-corrected chi connectivity index (χ0v) is 6.56. The number of aliphatic hydroxyl groups is 1. The van der Waals surface area contributed by atoms with E-state index in [0.29, 0.717) is 6.42 Å². The van der Waals surface area contributed by atoms with Crippen molar-refractivity contribution in [2.24, 2.45) is 0 Å². The molecule has 0 aliphatic heterocycles. The van der Waals surface area contributed by atoms with Gasteiger partial charge in [0.2, 0.25) is 0 Å². The van der Waals surface area contributed by atoms with Gasteiger partial charge < -0.3 is 5.11 Å². The Morgan fingerprint density at radius 1 is 1.50 bits per heavy atom. The van der Waals surface area contributed by atoms with E-state index in [1.165, 1.54) is 12.8 Å². The second-order valence-electron chi connectivity index (χ2n) is 3.54. The van der Waals surface area contributed by atoms with Crippen LogP contribution >= 0.6 is 0 Å². The summed E-state index contributed by atoms with van der Waals surface area (Å²) in [7, 11) is 0. The fourth-order valence-electron chi connectivity index (χ4n) is 1.82. The fraction of sp³-hybridized carbons (Fsp3) is 1.00. The molecule has 1 aliphatic rings. The summed E-state index contributed by atoms with van der Waals surface area (Å²) in [6, 6.07) is 0. The number of rotatable bonds is 2. The maximum absolute atomic E-state index is 9.06. The Balaban J connectivity index is 2.36. The van der Waals surface area contributed by atoms with Gasteiger partial charge in [-0.2, -0.15) is 0 Å². The lowest BCUT2D eigenvalue weighted by molar-refractivity contribution is 0.147. The van der Waals surface area contributed by atoms with Gasteiger partial charge in [-0.15, -0.1) is 0 Å². The standard InChI is InChI=1S/C8H16NO/c1-7(10)6-8(9)4-2-3-5-8/h7,9-10H,2-6H2,1H3. The summed E-state index contributed by atoms with van der Waals surface area (Å²) in [5.41, 5.74) is 7.57. The second kappa shape index (κ2) is 2.89. The van der Waals surface area contributed by atoms with Gasteiger partial charge in [-0.25, -0.2) is 0 Å². The monoisotopic (exact) mass is 142 g/mol. The Bertz CT molecular complexity index is 106.